The molecule has 1 saturated heterocycles. The quantitative estimate of drug-likeness (QED) is 0.777. The lowest BCUT2D eigenvalue weighted by Crippen LogP contribution is -2.58. The summed E-state index contributed by atoms with van der Waals surface area (Å²) in [5, 5.41) is 9.95. The summed E-state index contributed by atoms with van der Waals surface area (Å²) in [6, 6.07) is 11.7. The molecule has 0 bridgehead atoms. The maximum absolute atomic E-state index is 13.1. The van der Waals surface area contributed by atoms with E-state index in [9.17, 15) is 14.3 Å². The highest BCUT2D eigenvalue weighted by Gasteiger charge is 2.32. The van der Waals surface area contributed by atoms with Crippen molar-refractivity contribution >= 4 is 17.5 Å². The van der Waals surface area contributed by atoms with Crippen LogP contribution >= 0.6 is 11.6 Å². The van der Waals surface area contributed by atoms with Crippen molar-refractivity contribution in [2.24, 2.45) is 0 Å². The first kappa shape index (κ1) is 21.6. The summed E-state index contributed by atoms with van der Waals surface area (Å²) in [6.07, 6.45) is 0. The molecular weight excluding hydrogens is 395 g/mol. The van der Waals surface area contributed by atoms with Gasteiger partial charge in [-0.1, -0.05) is 23.7 Å². The summed E-state index contributed by atoms with van der Waals surface area (Å²) < 4.78 is 18.8. The molecule has 0 spiro atoms. The summed E-state index contributed by atoms with van der Waals surface area (Å²) in [5.74, 6) is 0.126. The van der Waals surface area contributed by atoms with E-state index >= 15 is 0 Å². The predicted molar refractivity (Wildman–Crippen MR) is 110 cm³/mol. The molecule has 1 aliphatic rings. The summed E-state index contributed by atoms with van der Waals surface area (Å²) in [6.45, 7) is 5.84. The number of benzene rings is 2. The summed E-state index contributed by atoms with van der Waals surface area (Å²) >= 11 is 5.93. The van der Waals surface area contributed by atoms with Gasteiger partial charge in [0.25, 0.3) is 5.91 Å². The highest BCUT2D eigenvalue weighted by atomic mass is 35.5. The van der Waals surface area contributed by atoms with E-state index < -0.39 is 0 Å². The highest BCUT2D eigenvalue weighted by Crippen LogP contribution is 2.24. The van der Waals surface area contributed by atoms with Gasteiger partial charge in [-0.25, -0.2) is 4.39 Å². The summed E-state index contributed by atoms with van der Waals surface area (Å²) in [7, 11) is 0. The maximum atomic E-state index is 13.1. The van der Waals surface area contributed by atoms with Gasteiger partial charge in [0, 0.05) is 42.3 Å². The van der Waals surface area contributed by atoms with Crippen LogP contribution in [0.2, 0.25) is 5.02 Å². The van der Waals surface area contributed by atoms with Crippen LogP contribution in [-0.2, 0) is 17.9 Å². The van der Waals surface area contributed by atoms with E-state index in [2.05, 4.69) is 11.8 Å². The second-order valence-electron chi connectivity index (χ2n) is 7.50. The number of amides is 1. The van der Waals surface area contributed by atoms with Crippen LogP contribution in [0, 0.1) is 5.82 Å². The molecule has 7 heteroatoms. The lowest BCUT2D eigenvalue weighted by molar-refractivity contribution is -0.139. The zero-order chi connectivity index (χ0) is 21.0. The Morgan fingerprint density at radius 3 is 2.59 bits per heavy atom. The molecule has 0 aliphatic carbocycles. The first-order chi connectivity index (χ1) is 13.9. The Kier molecular flexibility index (Phi) is 7.11. The van der Waals surface area contributed by atoms with Gasteiger partial charge in [0.05, 0.1) is 6.61 Å². The van der Waals surface area contributed by atoms with Crippen LogP contribution in [0.25, 0.3) is 0 Å². The van der Waals surface area contributed by atoms with E-state index in [0.29, 0.717) is 22.9 Å². The SMILES string of the molecule is CC1CN(C(=O)COc2ccc(Cl)cc2CO)C(C)CN1Cc1ccc(F)cc1. The van der Waals surface area contributed by atoms with Crippen molar-refractivity contribution < 1.29 is 19.0 Å². The Balaban J connectivity index is 1.58. The highest BCUT2D eigenvalue weighted by molar-refractivity contribution is 6.30. The minimum Gasteiger partial charge on any atom is -0.483 e. The van der Waals surface area contributed by atoms with Gasteiger partial charge in [-0.05, 0) is 49.7 Å². The molecule has 1 aliphatic heterocycles. The molecule has 1 fully saturated rings. The van der Waals surface area contributed by atoms with Gasteiger partial charge in [-0.2, -0.15) is 0 Å². The van der Waals surface area contributed by atoms with Gasteiger partial charge < -0.3 is 14.7 Å². The van der Waals surface area contributed by atoms with Gasteiger partial charge in [0.15, 0.2) is 6.61 Å². The number of hydrogen-bond donors (Lipinski definition) is 1. The van der Waals surface area contributed by atoms with Crippen LogP contribution in [0.4, 0.5) is 4.39 Å². The van der Waals surface area contributed by atoms with E-state index in [4.69, 9.17) is 16.3 Å². The van der Waals surface area contributed by atoms with E-state index in [1.54, 1.807) is 30.3 Å². The molecule has 1 N–H and O–H groups in total. The zero-order valence-electron chi connectivity index (χ0n) is 16.6. The fourth-order valence-electron chi connectivity index (χ4n) is 3.63. The van der Waals surface area contributed by atoms with Crippen LogP contribution in [0.15, 0.2) is 42.5 Å². The second kappa shape index (κ2) is 9.57. The van der Waals surface area contributed by atoms with Crippen LogP contribution in [-0.4, -0.2) is 52.6 Å². The topological polar surface area (TPSA) is 53.0 Å². The van der Waals surface area contributed by atoms with E-state index in [0.717, 1.165) is 18.7 Å². The van der Waals surface area contributed by atoms with Crippen molar-refractivity contribution in [2.75, 3.05) is 19.7 Å². The first-order valence-electron chi connectivity index (χ1n) is 9.67. The molecule has 2 aromatic rings. The van der Waals surface area contributed by atoms with Gasteiger partial charge in [0.2, 0.25) is 0 Å². The lowest BCUT2D eigenvalue weighted by Gasteiger charge is -2.44. The largest absolute Gasteiger partial charge is 0.483 e. The number of aliphatic hydroxyl groups is 1. The molecule has 0 radical (unpaired) electrons. The van der Waals surface area contributed by atoms with Crippen molar-refractivity contribution in [3.63, 3.8) is 0 Å². The van der Waals surface area contributed by atoms with Gasteiger partial charge in [-0.3, -0.25) is 9.69 Å². The van der Waals surface area contributed by atoms with Crippen LogP contribution in [0.3, 0.4) is 0 Å². The van der Waals surface area contributed by atoms with Gasteiger partial charge in [-0.15, -0.1) is 0 Å². The van der Waals surface area contributed by atoms with E-state index in [1.807, 2.05) is 11.8 Å². The van der Waals surface area contributed by atoms with E-state index in [1.165, 1.54) is 12.1 Å². The molecule has 3 rings (SSSR count). The smallest absolute Gasteiger partial charge is 0.260 e. The number of nitrogens with zero attached hydrogens (tertiary/aromatic N) is 2. The summed E-state index contributed by atoms with van der Waals surface area (Å²) in [4.78, 5) is 16.9. The summed E-state index contributed by atoms with van der Waals surface area (Å²) in [5.41, 5.74) is 1.60. The standard InChI is InChI=1S/C22H26ClFN2O3/c1-15-11-26(16(2)10-25(15)12-17-3-6-20(24)7-4-17)22(28)14-29-21-8-5-19(23)9-18(21)13-27/h3-9,15-16,27H,10-14H2,1-2H3. The van der Waals surface area contributed by atoms with Gasteiger partial charge >= 0.3 is 0 Å². The molecule has 5 nitrogen and oxygen atoms in total. The molecule has 156 valence electrons. The molecule has 2 atom stereocenters. The number of carbonyl (C=O) groups is 1. The van der Waals surface area contributed by atoms with Crippen molar-refractivity contribution in [1.29, 1.82) is 0 Å². The van der Waals surface area contributed by atoms with Crippen molar-refractivity contribution in [3.05, 3.63) is 64.4 Å². The molecule has 0 saturated carbocycles. The van der Waals surface area contributed by atoms with Crippen LogP contribution < -0.4 is 4.74 Å². The molecule has 0 aromatic heterocycles. The normalized spacial score (nSPS) is 20.0. The third-order valence-corrected chi connectivity index (χ3v) is 5.51. The fourth-order valence-corrected chi connectivity index (χ4v) is 3.82. The number of carbonyl (C=O) groups excluding carboxylic acids is 1. The number of rotatable bonds is 6. The minimum absolute atomic E-state index is 0.0327. The second-order valence-corrected chi connectivity index (χ2v) is 7.94. The Hall–Kier alpha value is -2.15. The fraction of sp³-hybridized carbons (Fsp3) is 0.409. The third-order valence-electron chi connectivity index (χ3n) is 5.28. The lowest BCUT2D eigenvalue weighted by atomic mass is 10.1. The molecular formula is C22H26ClFN2O3. The van der Waals surface area contributed by atoms with Crippen molar-refractivity contribution in [2.45, 2.75) is 39.1 Å². The third kappa shape index (κ3) is 5.47. The van der Waals surface area contributed by atoms with Crippen molar-refractivity contribution in [3.8, 4) is 5.75 Å². The Morgan fingerprint density at radius 1 is 1.17 bits per heavy atom. The maximum Gasteiger partial charge on any atom is 0.260 e. The van der Waals surface area contributed by atoms with Crippen molar-refractivity contribution in [1.82, 2.24) is 9.80 Å². The Morgan fingerprint density at radius 2 is 1.90 bits per heavy atom. The van der Waals surface area contributed by atoms with Gasteiger partial charge in [0.1, 0.15) is 11.6 Å². The molecule has 29 heavy (non-hydrogen) atoms. The molecule has 2 aromatic carbocycles. The average molecular weight is 421 g/mol. The Bertz CT molecular complexity index is 846. The molecule has 1 heterocycles. The number of aliphatic hydroxyl groups excluding tert-OH is 1. The zero-order valence-corrected chi connectivity index (χ0v) is 17.4. The van der Waals surface area contributed by atoms with Crippen LogP contribution in [0.1, 0.15) is 25.0 Å². The molecule has 2 unspecified atom stereocenters. The number of piperazine rings is 1. The predicted octanol–water partition coefficient (Wildman–Crippen LogP) is 3.47. The first-order valence-corrected chi connectivity index (χ1v) is 10.0. The number of halogens is 2. The minimum atomic E-state index is -0.240. The Labute approximate surface area is 175 Å². The monoisotopic (exact) mass is 420 g/mol. The van der Waals surface area contributed by atoms with E-state index in [-0.39, 0.29) is 37.0 Å². The number of ether oxygens (including phenoxy) is 1. The number of hydrogen-bond acceptors (Lipinski definition) is 4. The average Bonchev–Trinajstić information content (AvgIpc) is 2.70. The molecule has 1 amide bonds. The van der Waals surface area contributed by atoms with Crippen LogP contribution in [0.5, 0.6) is 5.75 Å².